The van der Waals surface area contributed by atoms with E-state index >= 15 is 0 Å². The van der Waals surface area contributed by atoms with Gasteiger partial charge in [-0.05, 0) is 48.1 Å². The number of aromatic nitrogens is 2. The van der Waals surface area contributed by atoms with Gasteiger partial charge in [0.2, 0.25) is 0 Å². The van der Waals surface area contributed by atoms with E-state index in [1.807, 2.05) is 17.0 Å². The van der Waals surface area contributed by atoms with E-state index in [4.69, 9.17) is 0 Å². The zero-order valence-electron chi connectivity index (χ0n) is 21.2. The summed E-state index contributed by atoms with van der Waals surface area (Å²) in [7, 11) is 1.76. The molecule has 8 heteroatoms. The summed E-state index contributed by atoms with van der Waals surface area (Å²) < 4.78 is 1.58. The highest BCUT2D eigenvalue weighted by Crippen LogP contribution is 2.48. The van der Waals surface area contributed by atoms with Crippen molar-refractivity contribution < 1.29 is 14.7 Å². The number of nitrogens with one attached hydrogen (secondary N) is 1. The Balaban J connectivity index is 1.17. The lowest BCUT2D eigenvalue weighted by Gasteiger charge is -2.50. The molecule has 1 aromatic heterocycles. The molecular formula is C29H33N5O3. The number of carbonyl (C=O) groups excluding carboxylic acids is 2. The van der Waals surface area contributed by atoms with Crippen LogP contribution in [-0.4, -0.2) is 68.8 Å². The third kappa shape index (κ3) is 4.55. The molecule has 2 amide bonds. The predicted molar refractivity (Wildman–Crippen MR) is 140 cm³/mol. The Morgan fingerprint density at radius 1 is 1.16 bits per heavy atom. The average Bonchev–Trinajstić information content (AvgIpc) is 3.31. The number of anilines is 1. The molecule has 1 atom stereocenters. The van der Waals surface area contributed by atoms with E-state index in [1.54, 1.807) is 24.0 Å². The number of β-amino-alcohol motifs (C(OH)–C–C–N with tert-alkyl or cyclic N) is 1. The van der Waals surface area contributed by atoms with Gasteiger partial charge in [-0.1, -0.05) is 36.8 Å². The summed E-state index contributed by atoms with van der Waals surface area (Å²) in [6.07, 6.45) is 6.74. The van der Waals surface area contributed by atoms with Crippen molar-refractivity contribution in [2.75, 3.05) is 31.5 Å². The smallest absolute Gasteiger partial charge is 0.258 e. The second-order valence-corrected chi connectivity index (χ2v) is 10.8. The van der Waals surface area contributed by atoms with Gasteiger partial charge in [0.1, 0.15) is 0 Å². The second-order valence-electron chi connectivity index (χ2n) is 10.8. The number of fused-ring (bicyclic) bond motifs is 3. The zero-order chi connectivity index (χ0) is 25.6. The molecule has 8 nitrogen and oxygen atoms in total. The molecule has 1 saturated carbocycles. The van der Waals surface area contributed by atoms with Gasteiger partial charge < -0.3 is 15.3 Å². The van der Waals surface area contributed by atoms with Crippen LogP contribution in [0.3, 0.4) is 0 Å². The van der Waals surface area contributed by atoms with Crippen LogP contribution >= 0.6 is 0 Å². The maximum atomic E-state index is 13.6. The number of aryl methyl sites for hydroxylation is 1. The summed E-state index contributed by atoms with van der Waals surface area (Å²) in [5, 5.41) is 18.0. The molecule has 2 aliphatic heterocycles. The quantitative estimate of drug-likeness (QED) is 0.544. The van der Waals surface area contributed by atoms with Crippen LogP contribution in [-0.2, 0) is 25.4 Å². The summed E-state index contributed by atoms with van der Waals surface area (Å²) in [6, 6.07) is 14.2. The maximum Gasteiger partial charge on any atom is 0.258 e. The summed E-state index contributed by atoms with van der Waals surface area (Å²) in [4.78, 5) is 30.4. The number of hydrogen-bond acceptors (Lipinski definition) is 5. The number of benzene rings is 2. The first-order valence-electron chi connectivity index (χ1n) is 13.1. The number of nitrogens with zero attached hydrogens (tertiary/aromatic N) is 4. The van der Waals surface area contributed by atoms with Gasteiger partial charge in [0.25, 0.3) is 11.8 Å². The van der Waals surface area contributed by atoms with Gasteiger partial charge in [0.15, 0.2) is 0 Å². The Kier molecular flexibility index (Phi) is 6.09. The Morgan fingerprint density at radius 3 is 2.70 bits per heavy atom. The second kappa shape index (κ2) is 9.43. The number of carbonyl (C=O) groups is 2. The number of aliphatic hydroxyl groups excluding tert-OH is 1. The first-order valence-corrected chi connectivity index (χ1v) is 13.1. The number of aliphatic hydroxyl groups is 1. The van der Waals surface area contributed by atoms with E-state index in [1.165, 1.54) is 17.3 Å². The van der Waals surface area contributed by atoms with Gasteiger partial charge in [-0.25, -0.2) is 0 Å². The van der Waals surface area contributed by atoms with Crippen LogP contribution in [0.4, 0.5) is 5.69 Å². The molecule has 1 spiro atoms. The van der Waals surface area contributed by atoms with E-state index in [2.05, 4.69) is 39.6 Å². The van der Waals surface area contributed by atoms with E-state index in [0.717, 1.165) is 44.3 Å². The minimum Gasteiger partial charge on any atom is -0.390 e. The molecule has 2 N–H and O–H groups in total. The maximum absolute atomic E-state index is 13.6. The Bertz CT molecular complexity index is 1340. The Hall–Kier alpha value is -3.49. The van der Waals surface area contributed by atoms with Crippen molar-refractivity contribution in [3.63, 3.8) is 0 Å². The standard InChI is InChI=1S/C29H33N5O3/c1-32-15-22(14-30-32)27(36)31-23-7-8-26-25(13-23)28(37)34(19-29(26)10-4-11-29)18-24(35)17-33-12-9-20-5-2-3-6-21(20)16-33/h2-3,5-8,13-15,24,35H,4,9-12,16-19H2,1H3,(H,31,36)/t24-/m1/s1. The van der Waals surface area contributed by atoms with Crippen molar-refractivity contribution in [1.82, 2.24) is 19.6 Å². The van der Waals surface area contributed by atoms with Crippen molar-refractivity contribution in [2.45, 2.75) is 43.7 Å². The molecule has 2 aromatic carbocycles. The molecule has 0 saturated heterocycles. The molecule has 192 valence electrons. The molecular weight excluding hydrogens is 466 g/mol. The lowest BCUT2D eigenvalue weighted by atomic mass is 9.61. The molecule has 3 aliphatic rings. The van der Waals surface area contributed by atoms with Crippen molar-refractivity contribution in [3.05, 3.63) is 82.7 Å². The molecule has 0 unspecified atom stereocenters. The van der Waals surface area contributed by atoms with E-state index < -0.39 is 6.10 Å². The topological polar surface area (TPSA) is 90.7 Å². The number of hydrogen-bond donors (Lipinski definition) is 2. The minimum atomic E-state index is -0.624. The summed E-state index contributed by atoms with van der Waals surface area (Å²) in [5.74, 6) is -0.335. The summed E-state index contributed by atoms with van der Waals surface area (Å²) >= 11 is 0. The van der Waals surface area contributed by atoms with Crippen molar-refractivity contribution in [2.24, 2.45) is 7.05 Å². The van der Waals surface area contributed by atoms with Gasteiger partial charge in [0.05, 0.1) is 17.9 Å². The molecule has 6 rings (SSSR count). The lowest BCUT2D eigenvalue weighted by Crippen LogP contribution is -2.55. The Morgan fingerprint density at radius 2 is 1.97 bits per heavy atom. The first kappa shape index (κ1) is 23.9. The fourth-order valence-electron chi connectivity index (χ4n) is 6.19. The van der Waals surface area contributed by atoms with Crippen LogP contribution in [0, 0.1) is 0 Å². The van der Waals surface area contributed by atoms with Gasteiger partial charge >= 0.3 is 0 Å². The molecule has 3 heterocycles. The van der Waals surface area contributed by atoms with Gasteiger partial charge in [-0.3, -0.25) is 19.2 Å². The van der Waals surface area contributed by atoms with Gasteiger partial charge in [0, 0.05) is 62.6 Å². The normalized spacial score (nSPS) is 19.2. The lowest BCUT2D eigenvalue weighted by molar-refractivity contribution is 0.0330. The van der Waals surface area contributed by atoms with E-state index in [-0.39, 0.29) is 17.2 Å². The average molecular weight is 500 g/mol. The third-order valence-electron chi connectivity index (χ3n) is 8.25. The monoisotopic (exact) mass is 499 g/mol. The van der Waals surface area contributed by atoms with Crippen LogP contribution in [0.1, 0.15) is 56.7 Å². The SMILES string of the molecule is Cn1cc(C(=O)Nc2ccc3c(c2)C(=O)N(C[C@H](O)CN2CCc4ccccc4C2)CC32CCC2)cn1. The van der Waals surface area contributed by atoms with Crippen LogP contribution in [0.15, 0.2) is 54.9 Å². The minimum absolute atomic E-state index is 0.0566. The van der Waals surface area contributed by atoms with Crippen LogP contribution < -0.4 is 5.32 Å². The van der Waals surface area contributed by atoms with Gasteiger partial charge in [-0.15, -0.1) is 0 Å². The zero-order valence-corrected chi connectivity index (χ0v) is 21.2. The summed E-state index contributed by atoms with van der Waals surface area (Å²) in [6.45, 7) is 3.23. The van der Waals surface area contributed by atoms with E-state index in [0.29, 0.717) is 36.4 Å². The van der Waals surface area contributed by atoms with Crippen LogP contribution in [0.2, 0.25) is 0 Å². The van der Waals surface area contributed by atoms with Crippen molar-refractivity contribution in [1.29, 1.82) is 0 Å². The molecule has 3 aromatic rings. The molecule has 0 radical (unpaired) electrons. The highest BCUT2D eigenvalue weighted by atomic mass is 16.3. The highest BCUT2D eigenvalue weighted by molar-refractivity contribution is 6.05. The van der Waals surface area contributed by atoms with Crippen molar-refractivity contribution in [3.8, 4) is 0 Å². The van der Waals surface area contributed by atoms with Crippen LogP contribution in [0.25, 0.3) is 0 Å². The van der Waals surface area contributed by atoms with E-state index in [9.17, 15) is 14.7 Å². The molecule has 0 bridgehead atoms. The fraction of sp³-hybridized carbons (Fsp3) is 0.414. The molecule has 1 aliphatic carbocycles. The number of rotatable bonds is 6. The van der Waals surface area contributed by atoms with Gasteiger partial charge in [-0.2, -0.15) is 5.10 Å². The molecule has 1 fully saturated rings. The van der Waals surface area contributed by atoms with Crippen LogP contribution in [0.5, 0.6) is 0 Å². The predicted octanol–water partition coefficient (Wildman–Crippen LogP) is 2.97. The van der Waals surface area contributed by atoms with Crippen molar-refractivity contribution >= 4 is 17.5 Å². The largest absolute Gasteiger partial charge is 0.390 e. The highest BCUT2D eigenvalue weighted by Gasteiger charge is 2.47. The Labute approximate surface area is 216 Å². The number of amides is 2. The molecule has 37 heavy (non-hydrogen) atoms. The fourth-order valence-corrected chi connectivity index (χ4v) is 6.19. The summed E-state index contributed by atoms with van der Waals surface area (Å²) in [5.41, 5.74) is 5.40. The first-order chi connectivity index (χ1) is 17.9. The third-order valence-corrected chi connectivity index (χ3v) is 8.25.